The summed E-state index contributed by atoms with van der Waals surface area (Å²) in [6.45, 7) is 0.173. The van der Waals surface area contributed by atoms with Crippen LogP contribution in [0, 0.1) is 0 Å². The number of amides is 1. The van der Waals surface area contributed by atoms with Crippen molar-refractivity contribution in [3.8, 4) is 0 Å². The lowest BCUT2D eigenvalue weighted by Crippen LogP contribution is -2.23. The van der Waals surface area contributed by atoms with Gasteiger partial charge in [0.2, 0.25) is 0 Å². The second kappa shape index (κ2) is 5.53. The zero-order valence-corrected chi connectivity index (χ0v) is 12.7. The quantitative estimate of drug-likeness (QED) is 0.898. The van der Waals surface area contributed by atoms with Crippen molar-refractivity contribution in [1.29, 1.82) is 0 Å². The third-order valence-electron chi connectivity index (χ3n) is 3.14. The van der Waals surface area contributed by atoms with Crippen molar-refractivity contribution in [3.63, 3.8) is 0 Å². The summed E-state index contributed by atoms with van der Waals surface area (Å²) in [4.78, 5) is 20.0. The number of nitrogens with one attached hydrogen (secondary N) is 1. The molecule has 1 aliphatic carbocycles. The summed E-state index contributed by atoms with van der Waals surface area (Å²) in [6, 6.07) is 3.02. The molecule has 0 aromatic carbocycles. The molecule has 1 saturated carbocycles. The van der Waals surface area contributed by atoms with Gasteiger partial charge in [0.25, 0.3) is 5.91 Å². The summed E-state index contributed by atoms with van der Waals surface area (Å²) < 4.78 is 24.3. The van der Waals surface area contributed by atoms with E-state index in [2.05, 4.69) is 15.3 Å². The van der Waals surface area contributed by atoms with Crippen molar-refractivity contribution in [3.05, 3.63) is 40.6 Å². The molecule has 8 heteroatoms. The first-order chi connectivity index (χ1) is 10.1. The molecule has 0 radical (unpaired) electrons. The third kappa shape index (κ3) is 3.11. The molecule has 2 aromatic heterocycles. The highest BCUT2D eigenvalue weighted by Crippen LogP contribution is 2.33. The van der Waals surface area contributed by atoms with Gasteiger partial charge < -0.3 is 5.32 Å². The first-order valence-electron chi connectivity index (χ1n) is 6.44. The second-order valence-corrected chi connectivity index (χ2v) is 7.87. The van der Waals surface area contributed by atoms with Gasteiger partial charge in [-0.25, -0.2) is 13.4 Å². The number of hydrogen-bond donors (Lipinski definition) is 1. The van der Waals surface area contributed by atoms with Gasteiger partial charge in [-0.1, -0.05) is 0 Å². The van der Waals surface area contributed by atoms with E-state index in [4.69, 9.17) is 0 Å². The Morgan fingerprint density at radius 1 is 1.33 bits per heavy atom. The largest absolute Gasteiger partial charge is 0.344 e. The van der Waals surface area contributed by atoms with Gasteiger partial charge in [-0.15, -0.1) is 11.3 Å². The Morgan fingerprint density at radius 3 is 2.81 bits per heavy atom. The molecule has 0 spiro atoms. The van der Waals surface area contributed by atoms with Gasteiger partial charge >= 0.3 is 0 Å². The van der Waals surface area contributed by atoms with Gasteiger partial charge in [0.1, 0.15) is 0 Å². The number of thiazole rings is 1. The summed E-state index contributed by atoms with van der Waals surface area (Å²) in [5.74, 6) is -0.290. The predicted octanol–water partition coefficient (Wildman–Crippen LogP) is 1.40. The Hall–Kier alpha value is -1.80. The summed E-state index contributed by atoms with van der Waals surface area (Å²) in [5.41, 5.74) is 0.515. The van der Waals surface area contributed by atoms with Gasteiger partial charge in [0.05, 0.1) is 22.4 Å². The van der Waals surface area contributed by atoms with Crippen molar-refractivity contribution in [2.45, 2.75) is 29.5 Å². The number of carbonyl (C=O) groups excluding carboxylic acids is 1. The molecule has 1 fully saturated rings. The Kier molecular flexibility index (Phi) is 3.73. The highest BCUT2D eigenvalue weighted by Gasteiger charge is 2.36. The molecular formula is C13H13N3O3S2. The highest BCUT2D eigenvalue weighted by atomic mass is 32.2. The van der Waals surface area contributed by atoms with E-state index in [0.717, 1.165) is 12.8 Å². The lowest BCUT2D eigenvalue weighted by atomic mass is 10.3. The molecule has 2 aromatic rings. The Morgan fingerprint density at radius 2 is 2.14 bits per heavy atom. The van der Waals surface area contributed by atoms with E-state index in [9.17, 15) is 13.2 Å². The van der Waals surface area contributed by atoms with Crippen LogP contribution in [-0.4, -0.2) is 29.5 Å². The third-order valence-corrected chi connectivity index (χ3v) is 6.17. The number of hydrogen-bond acceptors (Lipinski definition) is 6. The molecule has 6 nitrogen and oxygen atoms in total. The van der Waals surface area contributed by atoms with E-state index in [1.807, 2.05) is 0 Å². The molecule has 1 N–H and O–H groups in total. The second-order valence-electron chi connectivity index (χ2n) is 4.75. The number of pyridine rings is 1. The number of carbonyl (C=O) groups is 1. The van der Waals surface area contributed by atoms with Crippen LogP contribution in [-0.2, 0) is 16.4 Å². The maximum atomic E-state index is 12.1. The van der Waals surface area contributed by atoms with Gasteiger partial charge in [-0.3, -0.25) is 9.78 Å². The summed E-state index contributed by atoms with van der Waals surface area (Å²) in [6.07, 6.45) is 4.46. The van der Waals surface area contributed by atoms with E-state index in [0.29, 0.717) is 10.7 Å². The standard InChI is InChI=1S/C13H13N3O3S2/c17-12(13-15-5-6-20-13)16-8-9-7-11(3-4-14-9)21(18,19)10-1-2-10/h3-7,10H,1-2,8H2,(H,16,17). The molecule has 0 bridgehead atoms. The van der Waals surface area contributed by atoms with E-state index < -0.39 is 9.84 Å². The zero-order valence-electron chi connectivity index (χ0n) is 11.0. The molecule has 3 rings (SSSR count). The Balaban J connectivity index is 1.70. The normalized spacial score (nSPS) is 14.9. The molecule has 1 amide bonds. The summed E-state index contributed by atoms with van der Waals surface area (Å²) in [7, 11) is -3.23. The van der Waals surface area contributed by atoms with Crippen molar-refractivity contribution in [2.75, 3.05) is 0 Å². The number of nitrogens with zero attached hydrogens (tertiary/aromatic N) is 2. The maximum absolute atomic E-state index is 12.1. The highest BCUT2D eigenvalue weighted by molar-refractivity contribution is 7.92. The van der Waals surface area contributed by atoms with Crippen LogP contribution >= 0.6 is 11.3 Å². The minimum absolute atomic E-state index is 0.173. The molecule has 0 aliphatic heterocycles. The van der Waals surface area contributed by atoms with E-state index in [-0.39, 0.29) is 22.6 Å². The fraction of sp³-hybridized carbons (Fsp3) is 0.308. The van der Waals surface area contributed by atoms with Crippen LogP contribution in [0.5, 0.6) is 0 Å². The smallest absolute Gasteiger partial charge is 0.280 e. The molecule has 21 heavy (non-hydrogen) atoms. The average molecular weight is 323 g/mol. The lowest BCUT2D eigenvalue weighted by Gasteiger charge is -2.06. The fourth-order valence-electron chi connectivity index (χ4n) is 1.88. The van der Waals surface area contributed by atoms with Crippen molar-refractivity contribution >= 4 is 27.1 Å². The maximum Gasteiger partial charge on any atom is 0.280 e. The van der Waals surface area contributed by atoms with E-state index in [1.165, 1.54) is 29.7 Å². The summed E-state index contributed by atoms with van der Waals surface area (Å²) in [5, 5.41) is 4.51. The SMILES string of the molecule is O=C(NCc1cc(S(=O)(=O)C2CC2)ccn1)c1nccs1. The molecule has 0 saturated heterocycles. The molecular weight excluding hydrogens is 310 g/mol. The first-order valence-corrected chi connectivity index (χ1v) is 8.86. The van der Waals surface area contributed by atoms with Crippen molar-refractivity contribution < 1.29 is 13.2 Å². The van der Waals surface area contributed by atoms with Gasteiger partial charge in [-0.2, -0.15) is 0 Å². The minimum Gasteiger partial charge on any atom is -0.344 e. The number of sulfone groups is 1. The monoisotopic (exact) mass is 323 g/mol. The number of aromatic nitrogens is 2. The minimum atomic E-state index is -3.23. The predicted molar refractivity (Wildman–Crippen MR) is 77.7 cm³/mol. The molecule has 0 atom stereocenters. The van der Waals surface area contributed by atoms with E-state index in [1.54, 1.807) is 11.6 Å². The Labute approximate surface area is 126 Å². The summed E-state index contributed by atoms with van der Waals surface area (Å²) >= 11 is 1.25. The van der Waals surface area contributed by atoms with Crippen LogP contribution < -0.4 is 5.32 Å². The topological polar surface area (TPSA) is 89.0 Å². The lowest BCUT2D eigenvalue weighted by molar-refractivity contribution is 0.0950. The van der Waals surface area contributed by atoms with Crippen LogP contribution in [0.2, 0.25) is 0 Å². The van der Waals surface area contributed by atoms with Crippen LogP contribution in [0.4, 0.5) is 0 Å². The van der Waals surface area contributed by atoms with Crippen molar-refractivity contribution in [2.24, 2.45) is 0 Å². The number of rotatable bonds is 5. The van der Waals surface area contributed by atoms with Crippen molar-refractivity contribution in [1.82, 2.24) is 15.3 Å². The first kappa shape index (κ1) is 14.2. The van der Waals surface area contributed by atoms with Crippen LogP contribution in [0.15, 0.2) is 34.8 Å². The van der Waals surface area contributed by atoms with E-state index >= 15 is 0 Å². The zero-order chi connectivity index (χ0) is 14.9. The van der Waals surface area contributed by atoms with Crippen LogP contribution in [0.25, 0.3) is 0 Å². The van der Waals surface area contributed by atoms with Gasteiger partial charge in [-0.05, 0) is 25.0 Å². The van der Waals surface area contributed by atoms with Crippen LogP contribution in [0.1, 0.15) is 28.3 Å². The van der Waals surface area contributed by atoms with Crippen LogP contribution in [0.3, 0.4) is 0 Å². The molecule has 1 aliphatic rings. The van der Waals surface area contributed by atoms with Gasteiger partial charge in [0.15, 0.2) is 14.8 Å². The molecule has 0 unspecified atom stereocenters. The molecule has 2 heterocycles. The molecule has 110 valence electrons. The average Bonchev–Trinajstić information content (AvgIpc) is 3.21. The Bertz CT molecular complexity index is 753. The fourth-order valence-corrected chi connectivity index (χ4v) is 4.13. The van der Waals surface area contributed by atoms with Gasteiger partial charge in [0, 0.05) is 17.8 Å².